The summed E-state index contributed by atoms with van der Waals surface area (Å²) in [5.74, 6) is 0.465. The van der Waals surface area contributed by atoms with Crippen molar-refractivity contribution in [2.45, 2.75) is 6.92 Å². The van der Waals surface area contributed by atoms with Gasteiger partial charge in [-0.05, 0) is 64.9 Å². The fraction of sp³-hybridized carbons (Fsp3) is 0.0952. The van der Waals surface area contributed by atoms with Crippen LogP contribution in [-0.4, -0.2) is 23.2 Å². The monoisotopic (exact) mass is 533 g/mol. The number of hydrogen-bond donors (Lipinski definition) is 0. The van der Waals surface area contributed by atoms with E-state index in [0.717, 1.165) is 28.9 Å². The highest BCUT2D eigenvalue weighted by molar-refractivity contribution is 14.1. The first-order chi connectivity index (χ1) is 14.8. The summed E-state index contributed by atoms with van der Waals surface area (Å²) in [6, 6.07) is 14.4. The van der Waals surface area contributed by atoms with Gasteiger partial charge in [0, 0.05) is 12.3 Å². The van der Waals surface area contributed by atoms with Crippen LogP contribution < -0.4 is 9.47 Å². The molecule has 3 rings (SSSR count). The van der Waals surface area contributed by atoms with Gasteiger partial charge in [-0.25, -0.2) is 0 Å². The minimum Gasteiger partial charge on any atom is -0.493 e. The number of nitro groups is 2. The number of methoxy groups -OCH3 is 1. The van der Waals surface area contributed by atoms with Gasteiger partial charge in [0.25, 0.3) is 5.69 Å². The first kappa shape index (κ1) is 22.2. The van der Waals surface area contributed by atoms with Crippen LogP contribution in [0.2, 0.25) is 0 Å². The minimum atomic E-state index is -0.731. The van der Waals surface area contributed by atoms with E-state index in [9.17, 15) is 20.2 Å². The van der Waals surface area contributed by atoms with Gasteiger partial charge in [0.1, 0.15) is 0 Å². The van der Waals surface area contributed by atoms with Gasteiger partial charge in [-0.2, -0.15) is 0 Å². The van der Waals surface area contributed by atoms with Crippen LogP contribution in [0.25, 0.3) is 0 Å². The molecule has 9 nitrogen and oxygen atoms in total. The second-order valence-electron chi connectivity index (χ2n) is 6.35. The average molecular weight is 533 g/mol. The van der Waals surface area contributed by atoms with E-state index in [1.165, 1.54) is 13.2 Å². The normalized spacial score (nSPS) is 10.8. The quantitative estimate of drug-likeness (QED) is 0.160. The third-order valence-corrected chi connectivity index (χ3v) is 5.08. The van der Waals surface area contributed by atoms with Gasteiger partial charge in [-0.3, -0.25) is 25.2 Å². The maximum atomic E-state index is 11.4. The molecular formula is C21H16IN3O6. The Labute approximate surface area is 190 Å². The SMILES string of the molecule is COc1cc(C=Nc2ccccc2C)cc(I)c1Oc1ccc([N+](=O)[O-])cc1[N+](=O)[O-]. The Morgan fingerprint density at radius 3 is 2.39 bits per heavy atom. The van der Waals surface area contributed by atoms with E-state index in [0.29, 0.717) is 9.32 Å². The molecule has 0 aliphatic carbocycles. The molecule has 31 heavy (non-hydrogen) atoms. The van der Waals surface area contributed by atoms with Crippen molar-refractivity contribution in [1.82, 2.24) is 0 Å². The zero-order valence-corrected chi connectivity index (χ0v) is 18.6. The van der Waals surface area contributed by atoms with Crippen molar-refractivity contribution in [3.63, 3.8) is 0 Å². The first-order valence-corrected chi connectivity index (χ1v) is 9.96. The van der Waals surface area contributed by atoms with E-state index < -0.39 is 21.2 Å². The third-order valence-electron chi connectivity index (χ3n) is 4.28. The van der Waals surface area contributed by atoms with Crippen molar-refractivity contribution in [2.75, 3.05) is 7.11 Å². The Balaban J connectivity index is 1.97. The van der Waals surface area contributed by atoms with Gasteiger partial charge in [-0.1, -0.05) is 18.2 Å². The number of rotatable bonds is 7. The van der Waals surface area contributed by atoms with E-state index in [1.54, 1.807) is 18.3 Å². The Morgan fingerprint density at radius 2 is 1.74 bits per heavy atom. The Bertz CT molecular complexity index is 1200. The number of hydrogen-bond acceptors (Lipinski definition) is 7. The molecular weight excluding hydrogens is 517 g/mol. The van der Waals surface area contributed by atoms with Crippen LogP contribution in [0.4, 0.5) is 17.1 Å². The van der Waals surface area contributed by atoms with Crippen LogP contribution in [0.3, 0.4) is 0 Å². The highest BCUT2D eigenvalue weighted by Crippen LogP contribution is 2.41. The van der Waals surface area contributed by atoms with Crippen molar-refractivity contribution in [1.29, 1.82) is 0 Å². The first-order valence-electron chi connectivity index (χ1n) is 8.88. The molecule has 0 heterocycles. The summed E-state index contributed by atoms with van der Waals surface area (Å²) < 4.78 is 11.8. The number of benzene rings is 3. The summed E-state index contributed by atoms with van der Waals surface area (Å²) in [6.45, 7) is 1.96. The summed E-state index contributed by atoms with van der Waals surface area (Å²) in [7, 11) is 1.45. The van der Waals surface area contributed by atoms with E-state index in [1.807, 2.05) is 53.8 Å². The predicted octanol–water partition coefficient (Wildman–Crippen LogP) is 5.97. The largest absolute Gasteiger partial charge is 0.493 e. The van der Waals surface area contributed by atoms with E-state index in [2.05, 4.69) is 4.99 Å². The number of para-hydroxylation sites is 1. The molecule has 0 saturated heterocycles. The van der Waals surface area contributed by atoms with E-state index in [4.69, 9.17) is 9.47 Å². The zero-order valence-electron chi connectivity index (χ0n) is 16.4. The van der Waals surface area contributed by atoms with E-state index >= 15 is 0 Å². The zero-order chi connectivity index (χ0) is 22.5. The predicted molar refractivity (Wildman–Crippen MR) is 124 cm³/mol. The minimum absolute atomic E-state index is 0.131. The van der Waals surface area contributed by atoms with Gasteiger partial charge >= 0.3 is 5.69 Å². The molecule has 0 aliphatic rings. The van der Waals surface area contributed by atoms with Gasteiger partial charge in [0.2, 0.25) is 5.75 Å². The molecule has 0 unspecified atom stereocenters. The molecule has 0 atom stereocenters. The van der Waals surface area contributed by atoms with Crippen LogP contribution in [0.15, 0.2) is 59.6 Å². The van der Waals surface area contributed by atoms with Gasteiger partial charge in [0.15, 0.2) is 11.5 Å². The van der Waals surface area contributed by atoms with E-state index in [-0.39, 0.29) is 11.5 Å². The summed E-state index contributed by atoms with van der Waals surface area (Å²) in [5, 5.41) is 22.3. The molecule has 0 aliphatic heterocycles. The molecule has 10 heteroatoms. The fourth-order valence-electron chi connectivity index (χ4n) is 2.72. The lowest BCUT2D eigenvalue weighted by molar-refractivity contribution is -0.394. The molecule has 0 aromatic heterocycles. The number of ether oxygens (including phenoxy) is 2. The van der Waals surface area contributed by atoms with Crippen molar-refractivity contribution in [2.24, 2.45) is 4.99 Å². The van der Waals surface area contributed by atoms with Crippen LogP contribution in [-0.2, 0) is 0 Å². The maximum Gasteiger partial charge on any atom is 0.318 e. The lowest BCUT2D eigenvalue weighted by atomic mass is 10.2. The number of halogens is 1. The second kappa shape index (κ2) is 9.51. The molecule has 0 spiro atoms. The highest BCUT2D eigenvalue weighted by atomic mass is 127. The van der Waals surface area contributed by atoms with Gasteiger partial charge in [-0.15, -0.1) is 0 Å². The smallest absolute Gasteiger partial charge is 0.318 e. The van der Waals surface area contributed by atoms with Crippen LogP contribution in [0.5, 0.6) is 17.2 Å². The number of aliphatic imine (C=N–C) groups is 1. The Morgan fingerprint density at radius 1 is 1.00 bits per heavy atom. The topological polar surface area (TPSA) is 117 Å². The molecule has 3 aromatic carbocycles. The summed E-state index contributed by atoms with van der Waals surface area (Å²) in [6.07, 6.45) is 1.69. The Hall–Kier alpha value is -3.54. The van der Waals surface area contributed by atoms with Gasteiger partial charge < -0.3 is 9.47 Å². The van der Waals surface area contributed by atoms with Gasteiger partial charge in [0.05, 0.1) is 32.3 Å². The number of nitrogens with zero attached hydrogens (tertiary/aromatic N) is 3. The number of non-ortho nitro benzene ring substituents is 1. The molecule has 0 bridgehead atoms. The average Bonchev–Trinajstić information content (AvgIpc) is 2.74. The van der Waals surface area contributed by atoms with Crippen molar-refractivity contribution >= 4 is 45.9 Å². The fourth-order valence-corrected chi connectivity index (χ4v) is 3.46. The number of nitro benzene ring substituents is 2. The summed E-state index contributed by atoms with van der Waals surface area (Å²) >= 11 is 2.02. The lowest BCUT2D eigenvalue weighted by Crippen LogP contribution is -1.99. The molecule has 0 N–H and O–H groups in total. The maximum absolute atomic E-state index is 11.4. The lowest BCUT2D eigenvalue weighted by Gasteiger charge is -2.13. The van der Waals surface area contributed by atoms with Crippen molar-refractivity contribution in [3.8, 4) is 17.2 Å². The third kappa shape index (κ3) is 5.15. The molecule has 0 saturated carbocycles. The second-order valence-corrected chi connectivity index (χ2v) is 7.51. The molecule has 0 fully saturated rings. The molecule has 0 radical (unpaired) electrons. The summed E-state index contributed by atoms with van der Waals surface area (Å²) in [4.78, 5) is 25.4. The van der Waals surface area contributed by atoms with Crippen LogP contribution in [0, 0.1) is 30.7 Å². The highest BCUT2D eigenvalue weighted by Gasteiger charge is 2.23. The molecule has 158 valence electrons. The van der Waals surface area contributed by atoms with Crippen LogP contribution in [0.1, 0.15) is 11.1 Å². The van der Waals surface area contributed by atoms with Crippen molar-refractivity contribution < 1.29 is 19.3 Å². The molecule has 3 aromatic rings. The number of aryl methyl sites for hydroxylation is 1. The molecule has 0 amide bonds. The van der Waals surface area contributed by atoms with Crippen LogP contribution >= 0.6 is 22.6 Å². The summed E-state index contributed by atoms with van der Waals surface area (Å²) in [5.41, 5.74) is 1.69. The Kier molecular flexibility index (Phi) is 6.80. The standard InChI is InChI=1S/C21H16IN3O6/c1-13-5-3-4-6-17(13)23-12-14-9-16(22)21(20(10-14)30-2)31-19-8-7-15(24(26)27)11-18(19)25(28)29/h3-12H,1-2H3. The van der Waals surface area contributed by atoms with Crippen molar-refractivity contribution in [3.05, 3.63) is 89.5 Å².